The van der Waals surface area contributed by atoms with Crippen molar-refractivity contribution in [3.05, 3.63) is 22.1 Å². The molecule has 1 N–H and O–H groups in total. The number of amides is 1. The Hall–Kier alpha value is 0.461. The zero-order valence-electron chi connectivity index (χ0n) is 12.7. The van der Waals surface area contributed by atoms with E-state index in [1.165, 1.54) is 25.7 Å². The second-order valence-electron chi connectivity index (χ2n) is 6.66. The van der Waals surface area contributed by atoms with Gasteiger partial charge in [0.25, 0.3) is 0 Å². The molecule has 0 radical (unpaired) electrons. The van der Waals surface area contributed by atoms with Gasteiger partial charge < -0.3 is 24.8 Å². The summed E-state index contributed by atoms with van der Waals surface area (Å²) in [5.41, 5.74) is 0. The van der Waals surface area contributed by atoms with Gasteiger partial charge in [0.2, 0.25) is 0 Å². The van der Waals surface area contributed by atoms with Gasteiger partial charge >= 0.3 is 124 Å². The van der Waals surface area contributed by atoms with E-state index < -0.39 is 24.0 Å². The Morgan fingerprint density at radius 2 is 2.05 bits per heavy atom. The van der Waals surface area contributed by atoms with Crippen LogP contribution in [0.3, 0.4) is 0 Å². The van der Waals surface area contributed by atoms with Gasteiger partial charge in [0, 0.05) is 0 Å². The van der Waals surface area contributed by atoms with E-state index in [1.54, 1.807) is 3.88 Å². The molecule has 2 bridgehead atoms. The molecule has 0 saturated heterocycles. The van der Waals surface area contributed by atoms with Crippen molar-refractivity contribution in [3.63, 3.8) is 0 Å². The van der Waals surface area contributed by atoms with Gasteiger partial charge in [0.05, 0.1) is 0 Å². The van der Waals surface area contributed by atoms with Crippen molar-refractivity contribution < 1.29 is 47.0 Å². The third kappa shape index (κ3) is 4.26. The molecule has 0 aliphatic heterocycles. The van der Waals surface area contributed by atoms with E-state index in [0.717, 1.165) is 12.3 Å². The first kappa shape index (κ1) is 19.5. The predicted octanol–water partition coefficient (Wildman–Crippen LogP) is -3.09. The van der Waals surface area contributed by atoms with Crippen molar-refractivity contribution in [1.29, 1.82) is 0 Å². The summed E-state index contributed by atoms with van der Waals surface area (Å²) in [6.07, 6.45) is 13.0. The van der Waals surface area contributed by atoms with Gasteiger partial charge in [-0.1, -0.05) is 0 Å². The summed E-state index contributed by atoms with van der Waals surface area (Å²) in [6, 6.07) is 0. The maximum absolute atomic E-state index is 12.6. The summed E-state index contributed by atoms with van der Waals surface area (Å²) in [5, 5.41) is 0. The smallest absolute Gasteiger partial charge is 1.00 e. The molecule has 2 fully saturated rings. The van der Waals surface area contributed by atoms with Gasteiger partial charge in [0.15, 0.2) is 0 Å². The van der Waals surface area contributed by atoms with Crippen LogP contribution in [0.25, 0.3) is 0 Å². The van der Waals surface area contributed by atoms with E-state index in [1.807, 2.05) is 0 Å². The standard InChI is InChI=1S/C8H13NO.C5H5.C2H7Si.2ClH.Ti/c9-8(10)7-4-5-1-2-6(7)3-5;1-2-4-5-3-1;1-3-2;;;/h5-7H,1-4H2,(H2,9,10);1-3H,4H2;3H,1-2H3;2*1H;/q;;;;;+3/p-3. The molecule has 3 aliphatic rings. The molecule has 3 rings (SSSR count). The Kier molecular flexibility index (Phi) is 7.76. The Balaban J connectivity index is 0.00000110. The van der Waals surface area contributed by atoms with Crippen molar-refractivity contribution in [3.8, 4) is 0 Å². The first-order valence-corrected chi connectivity index (χ1v) is 14.8. The summed E-state index contributed by atoms with van der Waals surface area (Å²) >= 11 is -1.46. The fourth-order valence-corrected chi connectivity index (χ4v) is 13.3. The van der Waals surface area contributed by atoms with E-state index in [-0.39, 0.29) is 24.8 Å². The number of hydrogen-bond acceptors (Lipinski definition) is 1. The fraction of sp³-hybridized carbons (Fsp3) is 0.667. The van der Waals surface area contributed by atoms with Crippen LogP contribution < -0.4 is 28.6 Å². The minimum absolute atomic E-state index is 0. The quantitative estimate of drug-likeness (QED) is 0.514. The average Bonchev–Trinajstić information content (AvgIpc) is 3.10. The Morgan fingerprint density at radius 3 is 2.52 bits per heavy atom. The molecule has 2 saturated carbocycles. The fourth-order valence-electron chi connectivity index (χ4n) is 4.03. The van der Waals surface area contributed by atoms with Crippen LogP contribution in [0.2, 0.25) is 13.1 Å². The largest absolute Gasteiger partial charge is 1.00 e. The molecule has 0 heterocycles. The van der Waals surface area contributed by atoms with Crippen LogP contribution in [0.15, 0.2) is 22.1 Å². The molecule has 0 spiro atoms. The molecule has 21 heavy (non-hydrogen) atoms. The van der Waals surface area contributed by atoms with Crippen molar-refractivity contribution in [1.82, 2.24) is 3.80 Å². The van der Waals surface area contributed by atoms with Crippen LogP contribution in [0.1, 0.15) is 32.1 Å². The second kappa shape index (κ2) is 8.35. The monoisotopic (exact) mass is 380 g/mol. The van der Waals surface area contributed by atoms with Crippen LogP contribution in [-0.4, -0.2) is 12.6 Å². The minimum Gasteiger partial charge on any atom is -1.00 e. The van der Waals surface area contributed by atoms with Crippen LogP contribution in [0, 0.1) is 17.8 Å². The predicted molar refractivity (Wildman–Crippen MR) is 77.8 cm³/mol. The van der Waals surface area contributed by atoms with Crippen LogP contribution in [0.5, 0.6) is 0 Å². The number of fused-ring (bicyclic) bond motifs is 2. The van der Waals surface area contributed by atoms with Crippen molar-refractivity contribution in [2.24, 2.45) is 17.8 Å². The molecule has 0 aromatic rings. The van der Waals surface area contributed by atoms with Gasteiger partial charge in [0.1, 0.15) is 0 Å². The molecule has 3 unspecified atom stereocenters. The zero-order chi connectivity index (χ0) is 13.4. The molecular weight excluding hydrogens is 357 g/mol. The molecule has 0 aromatic heterocycles. The van der Waals surface area contributed by atoms with Gasteiger partial charge in [-0.2, -0.15) is 0 Å². The number of allylic oxidation sites excluding steroid dienone is 4. The third-order valence-electron chi connectivity index (χ3n) is 5.03. The number of halogens is 2. The van der Waals surface area contributed by atoms with Crippen molar-refractivity contribution in [2.75, 3.05) is 0 Å². The second-order valence-corrected chi connectivity index (χ2v) is 19.4. The van der Waals surface area contributed by atoms with Crippen LogP contribution in [0.4, 0.5) is 0 Å². The molecule has 1 amide bonds. The molecule has 3 atom stereocenters. The van der Waals surface area contributed by atoms with Crippen LogP contribution in [-0.2, 0) is 22.2 Å². The Labute approximate surface area is 148 Å². The number of hydrogen-bond donors (Lipinski definition) is 1. The first-order valence-electron chi connectivity index (χ1n) is 7.69. The van der Waals surface area contributed by atoms with E-state index in [9.17, 15) is 4.79 Å². The normalized spacial score (nSPS) is 28.9. The van der Waals surface area contributed by atoms with Crippen LogP contribution >= 0.6 is 0 Å². The van der Waals surface area contributed by atoms with E-state index in [4.69, 9.17) is 0 Å². The first-order chi connectivity index (χ1) is 9.15. The summed E-state index contributed by atoms with van der Waals surface area (Å²) in [6.45, 7) is 4.10. The summed E-state index contributed by atoms with van der Waals surface area (Å²) in [5.74, 6) is 2.38. The maximum atomic E-state index is 12.6. The summed E-state index contributed by atoms with van der Waals surface area (Å²) < 4.78 is 5.16. The van der Waals surface area contributed by atoms with Crippen molar-refractivity contribution >= 4 is 12.6 Å². The van der Waals surface area contributed by atoms with Gasteiger partial charge in [-0.25, -0.2) is 0 Å². The topological polar surface area (TPSA) is 29.1 Å². The summed E-state index contributed by atoms with van der Waals surface area (Å²) in [7, 11) is 0. The average molecular weight is 381 g/mol. The van der Waals surface area contributed by atoms with E-state index >= 15 is 0 Å². The Morgan fingerprint density at radius 1 is 1.29 bits per heavy atom. The number of carbonyl (C=O) groups excluding carboxylic acids is 1. The van der Waals surface area contributed by atoms with Crippen molar-refractivity contribution in [2.45, 2.75) is 45.2 Å². The van der Waals surface area contributed by atoms with E-state index in [2.05, 4.69) is 35.1 Å². The number of carbonyl (C=O) groups is 1. The molecule has 2 nitrogen and oxygen atoms in total. The third-order valence-corrected chi connectivity index (χ3v) is 16.2. The zero-order valence-corrected chi connectivity index (χ0v) is 17.0. The van der Waals surface area contributed by atoms with E-state index in [0.29, 0.717) is 17.7 Å². The Bertz CT molecular complexity index is 441. The maximum Gasteiger partial charge on any atom is -1.00 e. The number of nitrogens with one attached hydrogen (secondary N) is 1. The molecule has 117 valence electrons. The summed E-state index contributed by atoms with van der Waals surface area (Å²) in [4.78, 5) is 12.6. The van der Waals surface area contributed by atoms with Gasteiger partial charge in [-0.3, -0.25) is 0 Å². The molecule has 3 aliphatic carbocycles. The SMILES string of the molecule is C[SiH](C)[Ti+2]([NH]C(=O)C1CC2CCC1C2)[C]1=CC=CC1.[Cl-].[Cl-]. The number of rotatable bonds is 4. The molecule has 0 aromatic carbocycles. The van der Waals surface area contributed by atoms with Gasteiger partial charge in [-0.15, -0.1) is 0 Å². The minimum atomic E-state index is -1.46. The van der Waals surface area contributed by atoms with Gasteiger partial charge in [-0.05, 0) is 0 Å². The molecule has 6 heteroatoms. The molecular formula is C15H24Cl2NOSiTi.